The average molecular weight is 435 g/mol. The molecule has 0 N–H and O–H groups in total. The van der Waals surface area contributed by atoms with Crippen LogP contribution >= 0.6 is 0 Å². The van der Waals surface area contributed by atoms with E-state index in [0.29, 0.717) is 44.6 Å². The Hall–Kier alpha value is -2.91. The fraction of sp³-hybridized carbons (Fsp3) is 0.524. The van der Waals surface area contributed by atoms with E-state index in [-0.39, 0.29) is 34.5 Å². The van der Waals surface area contributed by atoms with E-state index in [9.17, 15) is 18.0 Å². The highest BCUT2D eigenvalue weighted by atomic mass is 19.4. The van der Waals surface area contributed by atoms with Crippen molar-refractivity contribution in [1.29, 1.82) is 0 Å². The third kappa shape index (κ3) is 4.28. The summed E-state index contributed by atoms with van der Waals surface area (Å²) in [6.07, 6.45) is 0.566. The van der Waals surface area contributed by atoms with E-state index in [2.05, 4.69) is 15.2 Å². The number of fused-ring (bicyclic) bond motifs is 1. The van der Waals surface area contributed by atoms with Crippen molar-refractivity contribution in [2.75, 3.05) is 13.1 Å². The van der Waals surface area contributed by atoms with Crippen LogP contribution in [-0.4, -0.2) is 43.8 Å². The van der Waals surface area contributed by atoms with Crippen LogP contribution in [0.4, 0.5) is 13.2 Å². The monoisotopic (exact) mass is 435 g/mol. The van der Waals surface area contributed by atoms with Crippen molar-refractivity contribution in [2.24, 2.45) is 5.92 Å². The minimum atomic E-state index is -4.55. The molecule has 4 rings (SSSR count). The van der Waals surface area contributed by atoms with Gasteiger partial charge in [-0.05, 0) is 31.4 Å². The molecule has 1 aliphatic rings. The van der Waals surface area contributed by atoms with E-state index in [0.717, 1.165) is 6.07 Å². The summed E-state index contributed by atoms with van der Waals surface area (Å²) < 4.78 is 48.3. The molecule has 1 saturated heterocycles. The highest BCUT2D eigenvalue weighted by Crippen LogP contribution is 2.40. The molecule has 3 aromatic rings. The fourth-order valence-corrected chi connectivity index (χ4v) is 4.19. The van der Waals surface area contributed by atoms with Crippen LogP contribution < -0.4 is 0 Å². The van der Waals surface area contributed by atoms with Gasteiger partial charge >= 0.3 is 6.18 Å². The summed E-state index contributed by atoms with van der Waals surface area (Å²) in [6.45, 7) is 4.88. The molecule has 3 aromatic heterocycles. The lowest BCUT2D eigenvalue weighted by Crippen LogP contribution is -2.42. The van der Waals surface area contributed by atoms with Gasteiger partial charge in [-0.2, -0.15) is 18.3 Å². The lowest BCUT2D eigenvalue weighted by molar-refractivity contribution is -0.137. The van der Waals surface area contributed by atoms with E-state index in [4.69, 9.17) is 4.52 Å². The second kappa shape index (κ2) is 8.32. The molecule has 0 aliphatic carbocycles. The van der Waals surface area contributed by atoms with Crippen LogP contribution in [0.15, 0.2) is 29.0 Å². The van der Waals surface area contributed by atoms with Gasteiger partial charge in [-0.25, -0.2) is 4.98 Å². The number of aromatic nitrogens is 4. The molecule has 2 unspecified atom stereocenters. The van der Waals surface area contributed by atoms with Crippen molar-refractivity contribution in [2.45, 2.75) is 51.7 Å². The van der Waals surface area contributed by atoms with E-state index in [1.165, 1.54) is 0 Å². The number of amides is 1. The zero-order chi connectivity index (χ0) is 22.2. The molecule has 1 aliphatic heterocycles. The number of carbonyl (C=O) groups excluding carboxylic acids is 1. The molecular formula is C21H24F3N5O2. The Labute approximate surface area is 177 Å². The minimum Gasteiger partial charge on any atom is -0.342 e. The summed E-state index contributed by atoms with van der Waals surface area (Å²) in [4.78, 5) is 18.9. The van der Waals surface area contributed by atoms with Crippen molar-refractivity contribution in [3.63, 3.8) is 0 Å². The third-order valence-electron chi connectivity index (χ3n) is 5.75. The zero-order valence-corrected chi connectivity index (χ0v) is 17.4. The van der Waals surface area contributed by atoms with Gasteiger partial charge in [-0.1, -0.05) is 19.0 Å². The third-order valence-corrected chi connectivity index (χ3v) is 5.75. The molecule has 0 bridgehead atoms. The Morgan fingerprint density at radius 2 is 2.19 bits per heavy atom. The van der Waals surface area contributed by atoms with Crippen LogP contribution in [0.25, 0.3) is 11.1 Å². The number of likely N-dealkylation sites (tertiary alicyclic amines) is 1. The maximum absolute atomic E-state index is 13.8. The van der Waals surface area contributed by atoms with E-state index >= 15 is 0 Å². The Morgan fingerprint density at radius 1 is 1.39 bits per heavy atom. The molecule has 0 radical (unpaired) electrons. The largest absolute Gasteiger partial charge is 0.417 e. The van der Waals surface area contributed by atoms with Crippen LogP contribution in [0.3, 0.4) is 0 Å². The highest BCUT2D eigenvalue weighted by molar-refractivity contribution is 5.82. The summed E-state index contributed by atoms with van der Waals surface area (Å²) in [7, 11) is 0. The molecule has 2 atom stereocenters. The minimum absolute atomic E-state index is 0.0459. The molecule has 0 aromatic carbocycles. The number of nitrogens with zero attached hydrogens (tertiary/aromatic N) is 5. The standard InChI is InChI=1S/C21H24F3N5O2/c1-3-15-10-16(21(22,23)24)17-18(27-31-19(17)26-15)14-6-4-8-28(12-14)20(30)13(2)11-29-9-5-7-25-29/h5,7,9-10,13-14H,3-4,6,8,11-12H2,1-2H3. The van der Waals surface area contributed by atoms with Crippen LogP contribution in [-0.2, 0) is 23.9 Å². The molecular weight excluding hydrogens is 411 g/mol. The Morgan fingerprint density at radius 3 is 2.87 bits per heavy atom. The number of aryl methyl sites for hydroxylation is 1. The maximum Gasteiger partial charge on any atom is 0.417 e. The first kappa shape index (κ1) is 21.3. The van der Waals surface area contributed by atoms with Gasteiger partial charge in [0, 0.05) is 37.1 Å². The summed E-state index contributed by atoms with van der Waals surface area (Å²) in [5, 5.41) is 8.02. The number of carbonyl (C=O) groups is 1. The number of pyridine rings is 1. The molecule has 7 nitrogen and oxygen atoms in total. The zero-order valence-electron chi connectivity index (χ0n) is 17.4. The predicted molar refractivity (Wildman–Crippen MR) is 106 cm³/mol. The van der Waals surface area contributed by atoms with E-state index in [1.807, 2.05) is 6.92 Å². The van der Waals surface area contributed by atoms with Gasteiger partial charge in [0.2, 0.25) is 5.91 Å². The molecule has 0 saturated carbocycles. The summed E-state index contributed by atoms with van der Waals surface area (Å²) in [5.74, 6) is -0.686. The number of halogens is 3. The van der Waals surface area contributed by atoms with Crippen LogP contribution in [0.1, 0.15) is 49.6 Å². The first-order valence-corrected chi connectivity index (χ1v) is 10.4. The van der Waals surface area contributed by atoms with Gasteiger partial charge < -0.3 is 9.42 Å². The first-order valence-electron chi connectivity index (χ1n) is 10.4. The SMILES string of the molecule is CCc1cc(C(F)(F)F)c2c(C3CCCN(C(=O)C(C)Cn4cccn4)C3)noc2n1. The van der Waals surface area contributed by atoms with Crippen molar-refractivity contribution in [3.8, 4) is 0 Å². The van der Waals surface area contributed by atoms with Gasteiger partial charge in [-0.15, -0.1) is 0 Å². The van der Waals surface area contributed by atoms with Crippen molar-refractivity contribution < 1.29 is 22.5 Å². The summed E-state index contributed by atoms with van der Waals surface area (Å²) in [6, 6.07) is 2.86. The van der Waals surface area contributed by atoms with Crippen molar-refractivity contribution in [3.05, 3.63) is 41.5 Å². The number of alkyl halides is 3. The lowest BCUT2D eigenvalue weighted by atomic mass is 9.91. The van der Waals surface area contributed by atoms with Crippen molar-refractivity contribution in [1.82, 2.24) is 24.8 Å². The van der Waals surface area contributed by atoms with Gasteiger partial charge in [0.05, 0.1) is 29.1 Å². The van der Waals surface area contributed by atoms with Crippen LogP contribution in [0.2, 0.25) is 0 Å². The average Bonchev–Trinajstić information content (AvgIpc) is 3.41. The van der Waals surface area contributed by atoms with Gasteiger partial charge in [0.1, 0.15) is 0 Å². The van der Waals surface area contributed by atoms with E-state index in [1.54, 1.807) is 35.0 Å². The second-order valence-electron chi connectivity index (χ2n) is 8.01. The first-order chi connectivity index (χ1) is 14.8. The van der Waals surface area contributed by atoms with Gasteiger partial charge in [-0.3, -0.25) is 9.48 Å². The quantitative estimate of drug-likeness (QED) is 0.605. The van der Waals surface area contributed by atoms with Crippen LogP contribution in [0, 0.1) is 5.92 Å². The van der Waals surface area contributed by atoms with Gasteiger partial charge in [0.25, 0.3) is 5.71 Å². The molecule has 0 spiro atoms. The van der Waals surface area contributed by atoms with Gasteiger partial charge in [0.15, 0.2) is 0 Å². The molecule has 10 heteroatoms. The Kier molecular flexibility index (Phi) is 5.72. The van der Waals surface area contributed by atoms with Crippen LogP contribution in [0.5, 0.6) is 0 Å². The molecule has 4 heterocycles. The summed E-state index contributed by atoms with van der Waals surface area (Å²) >= 11 is 0. The molecule has 31 heavy (non-hydrogen) atoms. The maximum atomic E-state index is 13.8. The Balaban J connectivity index is 1.60. The number of piperidine rings is 1. The number of hydrogen-bond acceptors (Lipinski definition) is 5. The fourth-order valence-electron chi connectivity index (χ4n) is 4.19. The number of rotatable bonds is 5. The van der Waals surface area contributed by atoms with Crippen molar-refractivity contribution >= 4 is 17.0 Å². The topological polar surface area (TPSA) is 77.0 Å². The smallest absolute Gasteiger partial charge is 0.342 e. The number of hydrogen-bond donors (Lipinski definition) is 0. The lowest BCUT2D eigenvalue weighted by Gasteiger charge is -2.33. The molecule has 1 fully saturated rings. The Bertz CT molecular complexity index is 1060. The highest BCUT2D eigenvalue weighted by Gasteiger charge is 2.38. The molecule has 1 amide bonds. The normalized spacial score (nSPS) is 18.5. The second-order valence-corrected chi connectivity index (χ2v) is 8.01. The van der Waals surface area contributed by atoms with E-state index < -0.39 is 11.7 Å². The predicted octanol–water partition coefficient (Wildman–Crippen LogP) is 4.04. The molecule has 166 valence electrons. The summed E-state index contributed by atoms with van der Waals surface area (Å²) in [5.41, 5.74) is -0.344.